The van der Waals surface area contributed by atoms with E-state index in [0.717, 1.165) is 63.7 Å². The first-order valence-corrected chi connectivity index (χ1v) is 15.3. The number of hydrogen-bond donors (Lipinski definition) is 6. The number of unbranched alkanes of at least 4 members (excludes halogenated alkanes) is 4. The lowest BCUT2D eigenvalue weighted by Crippen LogP contribution is -2.22. The summed E-state index contributed by atoms with van der Waals surface area (Å²) in [4.78, 5) is 10.9. The maximum absolute atomic E-state index is 10.9. The Balaban J connectivity index is 0.000000312. The lowest BCUT2D eigenvalue weighted by molar-refractivity contribution is 0.0696. The molecule has 0 fully saturated rings. The van der Waals surface area contributed by atoms with Gasteiger partial charge in [0.15, 0.2) is 0 Å². The molecule has 0 saturated heterocycles. The second kappa shape index (κ2) is 19.4. The van der Waals surface area contributed by atoms with Gasteiger partial charge in [-0.25, -0.2) is 4.79 Å². The van der Waals surface area contributed by atoms with Gasteiger partial charge in [-0.15, -0.1) is 0 Å². The van der Waals surface area contributed by atoms with Crippen molar-refractivity contribution >= 4 is 16.7 Å². The number of aliphatic hydroxyl groups excluding tert-OH is 2. The summed E-state index contributed by atoms with van der Waals surface area (Å²) in [6, 6.07) is 25.6. The highest BCUT2D eigenvalue weighted by Crippen LogP contribution is 2.26. The first-order chi connectivity index (χ1) is 21.4. The highest BCUT2D eigenvalue weighted by Gasteiger charge is 2.13. The van der Waals surface area contributed by atoms with Gasteiger partial charge in [0.2, 0.25) is 0 Å². The van der Waals surface area contributed by atoms with Crippen LogP contribution in [-0.2, 0) is 17.8 Å². The van der Waals surface area contributed by atoms with E-state index in [1.807, 2.05) is 6.07 Å². The average Bonchev–Trinajstić information content (AvgIpc) is 3.04. The van der Waals surface area contributed by atoms with Crippen LogP contribution in [-0.4, -0.2) is 57.8 Å². The minimum Gasteiger partial charge on any atom is -0.508 e. The van der Waals surface area contributed by atoms with E-state index in [1.54, 1.807) is 36.4 Å². The molecule has 0 amide bonds. The largest absolute Gasteiger partial charge is 0.508 e. The number of ether oxygens (including phenoxy) is 1. The normalized spacial score (nSPS) is 11.6. The molecule has 6 N–H and O–H groups in total. The van der Waals surface area contributed by atoms with Gasteiger partial charge in [0.05, 0.1) is 12.7 Å². The van der Waals surface area contributed by atoms with Crippen molar-refractivity contribution in [3.63, 3.8) is 0 Å². The Morgan fingerprint density at radius 3 is 2.20 bits per heavy atom. The summed E-state index contributed by atoms with van der Waals surface area (Å²) >= 11 is 0. The molecular formula is C36H45NO7. The number of nitrogens with one attached hydrogen (secondary N) is 1. The third-order valence-electron chi connectivity index (χ3n) is 7.36. The van der Waals surface area contributed by atoms with E-state index in [0.29, 0.717) is 23.1 Å². The van der Waals surface area contributed by atoms with Crippen LogP contribution in [0.5, 0.6) is 11.5 Å². The van der Waals surface area contributed by atoms with Gasteiger partial charge >= 0.3 is 5.97 Å². The highest BCUT2D eigenvalue weighted by atomic mass is 16.5. The number of benzene rings is 4. The molecule has 0 aromatic heterocycles. The standard InChI is InChI=1S/C25H37NO4.C11H8O3/c27-20-23-18-22(13-14-24(23)28)25(29)19-26-15-7-1-2-8-16-30-17-9-6-12-21-10-4-3-5-11-21;12-9-6-5-7-3-1-2-4-8(7)10(9)11(13)14/h3-5,10-11,13-14,18,25-29H,1-2,6-9,12,15-17,19-20H2;1-6,12H,(H,13,14). The van der Waals surface area contributed by atoms with Crippen molar-refractivity contribution in [2.45, 2.75) is 57.7 Å². The quantitative estimate of drug-likeness (QED) is 0.0768. The van der Waals surface area contributed by atoms with Crippen LogP contribution in [0, 0.1) is 0 Å². The fourth-order valence-corrected chi connectivity index (χ4v) is 4.87. The zero-order chi connectivity index (χ0) is 31.6. The van der Waals surface area contributed by atoms with Crippen molar-refractivity contribution in [1.82, 2.24) is 5.32 Å². The van der Waals surface area contributed by atoms with Crippen LogP contribution in [0.4, 0.5) is 0 Å². The number of aryl methyl sites for hydroxylation is 1. The predicted octanol–water partition coefficient (Wildman–Crippen LogP) is 6.35. The highest BCUT2D eigenvalue weighted by molar-refractivity contribution is 6.06. The Morgan fingerprint density at radius 1 is 0.773 bits per heavy atom. The smallest absolute Gasteiger partial charge is 0.340 e. The van der Waals surface area contributed by atoms with Gasteiger partial charge in [0.25, 0.3) is 0 Å². The van der Waals surface area contributed by atoms with Crippen molar-refractivity contribution in [3.05, 3.63) is 107 Å². The molecule has 4 aromatic carbocycles. The van der Waals surface area contributed by atoms with Gasteiger partial charge < -0.3 is 35.6 Å². The Bertz CT molecular complexity index is 1410. The lowest BCUT2D eigenvalue weighted by atomic mass is 10.0. The topological polar surface area (TPSA) is 139 Å². The fourth-order valence-electron chi connectivity index (χ4n) is 4.87. The molecule has 1 unspecified atom stereocenters. The number of carboxylic acids is 1. The Morgan fingerprint density at radius 2 is 1.45 bits per heavy atom. The number of carboxylic acid groups (broad SMARTS) is 1. The second-order valence-electron chi connectivity index (χ2n) is 10.7. The second-order valence-corrected chi connectivity index (χ2v) is 10.7. The number of rotatable bonds is 17. The molecule has 0 aliphatic heterocycles. The maximum atomic E-state index is 10.9. The van der Waals surface area contributed by atoms with Crippen molar-refractivity contribution in [2.75, 3.05) is 26.3 Å². The van der Waals surface area contributed by atoms with Crippen LogP contribution in [0.1, 0.15) is 71.7 Å². The number of aliphatic hydroxyl groups is 2. The summed E-state index contributed by atoms with van der Waals surface area (Å²) in [5.74, 6) is -1.26. The molecule has 4 aromatic rings. The van der Waals surface area contributed by atoms with E-state index in [4.69, 9.17) is 9.84 Å². The summed E-state index contributed by atoms with van der Waals surface area (Å²) in [6.07, 6.45) is 7.24. The molecule has 0 saturated carbocycles. The molecule has 0 heterocycles. The van der Waals surface area contributed by atoms with Crippen LogP contribution in [0.15, 0.2) is 84.9 Å². The maximum Gasteiger partial charge on any atom is 0.340 e. The number of phenols is 2. The Hall–Kier alpha value is -3.95. The van der Waals surface area contributed by atoms with E-state index < -0.39 is 12.1 Å². The summed E-state index contributed by atoms with van der Waals surface area (Å²) in [5.41, 5.74) is 2.50. The van der Waals surface area contributed by atoms with Gasteiger partial charge in [-0.3, -0.25) is 0 Å². The molecule has 44 heavy (non-hydrogen) atoms. The van der Waals surface area contributed by atoms with E-state index in [1.165, 1.54) is 24.1 Å². The minimum absolute atomic E-state index is 0.0388. The number of aromatic hydroxyl groups is 2. The van der Waals surface area contributed by atoms with E-state index in [2.05, 4.69) is 35.6 Å². The molecule has 0 radical (unpaired) electrons. The van der Waals surface area contributed by atoms with Crippen molar-refractivity contribution in [1.29, 1.82) is 0 Å². The van der Waals surface area contributed by atoms with Crippen LogP contribution in [0.25, 0.3) is 10.8 Å². The first kappa shape index (κ1) is 34.5. The molecule has 8 heteroatoms. The molecule has 0 bridgehead atoms. The van der Waals surface area contributed by atoms with Gasteiger partial charge in [-0.2, -0.15) is 0 Å². The third-order valence-corrected chi connectivity index (χ3v) is 7.36. The predicted molar refractivity (Wildman–Crippen MR) is 173 cm³/mol. The van der Waals surface area contributed by atoms with Crippen LogP contribution >= 0.6 is 0 Å². The SMILES string of the molecule is O=C(O)c1c(O)ccc2ccccc12.OCc1cc(C(O)CNCCCCCCOCCCCc2ccccc2)ccc1O. The number of carbonyl (C=O) groups is 1. The van der Waals surface area contributed by atoms with E-state index >= 15 is 0 Å². The molecule has 0 spiro atoms. The number of hydrogen-bond acceptors (Lipinski definition) is 7. The van der Waals surface area contributed by atoms with E-state index in [9.17, 15) is 25.2 Å². The minimum atomic E-state index is -1.11. The molecule has 8 nitrogen and oxygen atoms in total. The first-order valence-electron chi connectivity index (χ1n) is 15.3. The molecule has 0 aliphatic carbocycles. The zero-order valence-electron chi connectivity index (χ0n) is 25.2. The Labute approximate surface area is 259 Å². The summed E-state index contributed by atoms with van der Waals surface area (Å²) in [7, 11) is 0. The van der Waals surface area contributed by atoms with E-state index in [-0.39, 0.29) is 23.7 Å². The number of aromatic carboxylic acids is 1. The zero-order valence-corrected chi connectivity index (χ0v) is 25.2. The van der Waals surface area contributed by atoms with Crippen molar-refractivity contribution in [2.24, 2.45) is 0 Å². The summed E-state index contributed by atoms with van der Waals surface area (Å²) in [6.45, 7) is 2.77. The summed E-state index contributed by atoms with van der Waals surface area (Å²) in [5, 5.41) is 51.9. The molecule has 236 valence electrons. The van der Waals surface area contributed by atoms with Crippen molar-refractivity contribution < 1.29 is 35.1 Å². The van der Waals surface area contributed by atoms with Crippen LogP contribution in [0.3, 0.4) is 0 Å². The van der Waals surface area contributed by atoms with Crippen LogP contribution in [0.2, 0.25) is 0 Å². The fraction of sp³-hybridized carbons (Fsp3) is 0.361. The average molecular weight is 604 g/mol. The molecule has 0 aliphatic rings. The summed E-state index contributed by atoms with van der Waals surface area (Å²) < 4.78 is 5.72. The van der Waals surface area contributed by atoms with Crippen molar-refractivity contribution in [3.8, 4) is 11.5 Å². The Kier molecular flexibility index (Phi) is 15.2. The van der Waals surface area contributed by atoms with Gasteiger partial charge in [-0.1, -0.05) is 79.6 Å². The monoisotopic (exact) mass is 603 g/mol. The third kappa shape index (κ3) is 11.6. The van der Waals surface area contributed by atoms with Crippen LogP contribution < -0.4 is 5.32 Å². The van der Waals surface area contributed by atoms with Gasteiger partial charge in [0.1, 0.15) is 17.1 Å². The molecule has 1 atom stereocenters. The van der Waals surface area contributed by atoms with Gasteiger partial charge in [0, 0.05) is 25.3 Å². The number of fused-ring (bicyclic) bond motifs is 1. The molecule has 4 rings (SSSR count). The molecular weight excluding hydrogens is 558 g/mol. The van der Waals surface area contributed by atoms with Gasteiger partial charge in [-0.05, 0) is 78.7 Å². The lowest BCUT2D eigenvalue weighted by Gasteiger charge is -2.14.